The van der Waals surface area contributed by atoms with Crippen molar-refractivity contribution in [1.82, 2.24) is 29.4 Å². The van der Waals surface area contributed by atoms with E-state index < -0.39 is 0 Å². The summed E-state index contributed by atoms with van der Waals surface area (Å²) >= 11 is 2.98. The van der Waals surface area contributed by atoms with Crippen molar-refractivity contribution in [2.24, 2.45) is 5.92 Å². The second-order valence-corrected chi connectivity index (χ2v) is 9.74. The first kappa shape index (κ1) is 22.5. The molecule has 0 radical (unpaired) electrons. The van der Waals surface area contributed by atoms with Crippen molar-refractivity contribution >= 4 is 28.1 Å². The molecule has 0 N–H and O–H groups in total. The van der Waals surface area contributed by atoms with Crippen molar-refractivity contribution in [2.45, 2.75) is 57.7 Å². The first-order valence-corrected chi connectivity index (χ1v) is 12.4. The van der Waals surface area contributed by atoms with Gasteiger partial charge in [-0.25, -0.2) is 4.98 Å². The molecular weight excluding hydrogens is 444 g/mol. The van der Waals surface area contributed by atoms with Crippen molar-refractivity contribution in [2.75, 3.05) is 0 Å². The summed E-state index contributed by atoms with van der Waals surface area (Å²) in [6.07, 6.45) is 1.79. The van der Waals surface area contributed by atoms with Gasteiger partial charge in [0.15, 0.2) is 11.0 Å². The van der Waals surface area contributed by atoms with Crippen LogP contribution in [-0.2, 0) is 25.3 Å². The van der Waals surface area contributed by atoms with E-state index in [2.05, 4.69) is 38.7 Å². The number of rotatable bonds is 10. The largest absolute Gasteiger partial charge is 0.486 e. The van der Waals surface area contributed by atoms with E-state index in [0.717, 1.165) is 41.1 Å². The summed E-state index contributed by atoms with van der Waals surface area (Å²) in [5, 5.41) is 14.8. The fourth-order valence-corrected chi connectivity index (χ4v) is 4.79. The summed E-state index contributed by atoms with van der Waals surface area (Å²) < 4.78 is 9.39. The molecule has 4 rings (SSSR count). The molecule has 0 unspecified atom stereocenters. The number of hydrogen-bond donors (Lipinski definition) is 0. The summed E-state index contributed by atoms with van der Waals surface area (Å²) in [5.74, 6) is 2.68. The lowest BCUT2D eigenvalue weighted by molar-refractivity contribution is 0.285. The predicted octanol–water partition coefficient (Wildman–Crippen LogP) is 4.22. The Bertz CT molecular complexity index is 1230. The van der Waals surface area contributed by atoms with E-state index in [1.807, 2.05) is 37.3 Å². The molecule has 1 aromatic carbocycles. The molecule has 10 heteroatoms. The van der Waals surface area contributed by atoms with E-state index in [1.54, 1.807) is 6.07 Å². The fourth-order valence-electron chi connectivity index (χ4n) is 3.06. The zero-order valence-corrected chi connectivity index (χ0v) is 20.0. The summed E-state index contributed by atoms with van der Waals surface area (Å²) in [6, 6.07) is 11.2. The molecule has 0 aliphatic carbocycles. The monoisotopic (exact) mass is 470 g/mol. The number of fused-ring (bicyclic) bond motifs is 1. The molecule has 8 nitrogen and oxygen atoms in total. The normalized spacial score (nSPS) is 11.5. The van der Waals surface area contributed by atoms with Crippen LogP contribution in [0.15, 0.2) is 46.3 Å². The maximum atomic E-state index is 12.4. The van der Waals surface area contributed by atoms with Crippen LogP contribution in [0.25, 0.3) is 4.96 Å². The van der Waals surface area contributed by atoms with Gasteiger partial charge in [-0.15, -0.1) is 10.2 Å². The number of nitrogens with zero attached hydrogens (tertiary/aromatic N) is 6. The fraction of sp³-hybridized carbons (Fsp3) is 0.409. The second kappa shape index (κ2) is 10.3. The Kier molecular flexibility index (Phi) is 7.21. The number of hydrogen-bond acceptors (Lipinski definition) is 8. The van der Waals surface area contributed by atoms with Gasteiger partial charge >= 0.3 is 0 Å². The topological polar surface area (TPSA) is 87.2 Å². The number of benzene rings is 1. The molecule has 168 valence electrons. The third-order valence-electron chi connectivity index (χ3n) is 4.83. The molecule has 0 aliphatic rings. The molecular formula is C22H26N6O2S2. The van der Waals surface area contributed by atoms with E-state index in [0.29, 0.717) is 28.9 Å². The number of aryl methyl sites for hydroxylation is 1. The third-order valence-corrected chi connectivity index (χ3v) is 6.88. The average Bonchev–Trinajstić information content (AvgIpc) is 3.39. The SMILES string of the molecule is CCc1nn2c(=O)cc(CSc3nnc(COc4ccccc4)n3CCC(C)C)nc2s1. The van der Waals surface area contributed by atoms with Gasteiger partial charge < -0.3 is 9.30 Å². The Morgan fingerprint density at radius 2 is 2.00 bits per heavy atom. The minimum absolute atomic E-state index is 0.153. The van der Waals surface area contributed by atoms with E-state index in [4.69, 9.17) is 4.74 Å². The predicted molar refractivity (Wildman–Crippen MR) is 126 cm³/mol. The highest BCUT2D eigenvalue weighted by atomic mass is 32.2. The lowest BCUT2D eigenvalue weighted by atomic mass is 10.1. The van der Waals surface area contributed by atoms with Crippen LogP contribution in [-0.4, -0.2) is 29.4 Å². The van der Waals surface area contributed by atoms with Crippen LogP contribution in [0.2, 0.25) is 0 Å². The van der Waals surface area contributed by atoms with Crippen molar-refractivity contribution < 1.29 is 4.74 Å². The highest BCUT2D eigenvalue weighted by Gasteiger charge is 2.15. The van der Waals surface area contributed by atoms with Gasteiger partial charge in [0, 0.05) is 18.4 Å². The Balaban J connectivity index is 1.51. The van der Waals surface area contributed by atoms with Crippen LogP contribution in [0.3, 0.4) is 0 Å². The van der Waals surface area contributed by atoms with Gasteiger partial charge in [-0.05, 0) is 30.9 Å². The number of ether oxygens (including phenoxy) is 1. The smallest absolute Gasteiger partial charge is 0.275 e. The molecule has 0 bridgehead atoms. The average molecular weight is 471 g/mol. The first-order chi connectivity index (χ1) is 15.5. The number of para-hydroxylation sites is 1. The molecule has 32 heavy (non-hydrogen) atoms. The van der Waals surface area contributed by atoms with Crippen molar-refractivity contribution in [1.29, 1.82) is 0 Å². The van der Waals surface area contributed by atoms with Gasteiger partial charge in [0.1, 0.15) is 17.4 Å². The third kappa shape index (κ3) is 5.36. The molecule has 4 aromatic rings. The Morgan fingerprint density at radius 3 is 2.75 bits per heavy atom. The van der Waals surface area contributed by atoms with Gasteiger partial charge in [-0.2, -0.15) is 9.61 Å². The zero-order chi connectivity index (χ0) is 22.5. The summed E-state index contributed by atoms with van der Waals surface area (Å²) in [5.41, 5.74) is 0.562. The van der Waals surface area contributed by atoms with Gasteiger partial charge in [0.05, 0.1) is 5.69 Å². The van der Waals surface area contributed by atoms with Crippen LogP contribution in [0.4, 0.5) is 0 Å². The Hall–Kier alpha value is -2.72. The molecule has 0 aliphatic heterocycles. The quantitative estimate of drug-likeness (QED) is 0.321. The molecule has 3 aromatic heterocycles. The van der Waals surface area contributed by atoms with E-state index >= 15 is 0 Å². The zero-order valence-electron chi connectivity index (χ0n) is 18.4. The van der Waals surface area contributed by atoms with Gasteiger partial charge in [-0.1, -0.05) is 62.1 Å². The van der Waals surface area contributed by atoms with E-state index in [-0.39, 0.29) is 5.56 Å². The van der Waals surface area contributed by atoms with Crippen LogP contribution < -0.4 is 10.3 Å². The summed E-state index contributed by atoms with van der Waals surface area (Å²) in [7, 11) is 0. The van der Waals surface area contributed by atoms with Crippen molar-refractivity contribution in [3.63, 3.8) is 0 Å². The molecule has 0 saturated carbocycles. The number of aromatic nitrogens is 6. The lowest BCUT2D eigenvalue weighted by Gasteiger charge is -2.12. The minimum Gasteiger partial charge on any atom is -0.486 e. The highest BCUT2D eigenvalue weighted by molar-refractivity contribution is 7.98. The molecule has 0 fully saturated rings. The van der Waals surface area contributed by atoms with E-state index in [1.165, 1.54) is 27.6 Å². The van der Waals surface area contributed by atoms with E-state index in [9.17, 15) is 4.79 Å². The van der Waals surface area contributed by atoms with Gasteiger partial charge in [0.25, 0.3) is 5.56 Å². The van der Waals surface area contributed by atoms with Gasteiger partial charge in [0.2, 0.25) is 4.96 Å². The minimum atomic E-state index is -0.153. The molecule has 3 heterocycles. The standard InChI is InChI=1S/C22H26N6O2S2/c1-4-19-26-28-20(29)12-16(23-21(28)32-19)14-31-22-25-24-18(27(22)11-10-15(2)3)13-30-17-8-6-5-7-9-17/h5-9,12,15H,4,10-11,13-14H2,1-3H3. The maximum absolute atomic E-state index is 12.4. The Morgan fingerprint density at radius 1 is 1.19 bits per heavy atom. The molecule has 0 spiro atoms. The summed E-state index contributed by atoms with van der Waals surface area (Å²) in [4.78, 5) is 17.7. The molecule has 0 saturated heterocycles. The van der Waals surface area contributed by atoms with Crippen LogP contribution in [0, 0.1) is 5.92 Å². The first-order valence-electron chi connectivity index (χ1n) is 10.6. The Labute approximate surface area is 194 Å². The van der Waals surface area contributed by atoms with Crippen molar-refractivity contribution in [3.8, 4) is 5.75 Å². The van der Waals surface area contributed by atoms with Crippen LogP contribution >= 0.6 is 23.1 Å². The molecule has 0 atom stereocenters. The van der Waals surface area contributed by atoms with Crippen LogP contribution in [0.5, 0.6) is 5.75 Å². The summed E-state index contributed by atoms with van der Waals surface area (Å²) in [6.45, 7) is 7.57. The second-order valence-electron chi connectivity index (χ2n) is 7.75. The van der Waals surface area contributed by atoms with Crippen LogP contribution in [0.1, 0.15) is 43.7 Å². The van der Waals surface area contributed by atoms with Crippen molar-refractivity contribution in [3.05, 3.63) is 63.3 Å². The number of thioether (sulfide) groups is 1. The lowest BCUT2D eigenvalue weighted by Crippen LogP contribution is -2.15. The maximum Gasteiger partial charge on any atom is 0.275 e. The highest BCUT2D eigenvalue weighted by Crippen LogP contribution is 2.23. The molecule has 0 amide bonds. The van der Waals surface area contributed by atoms with Gasteiger partial charge in [-0.3, -0.25) is 4.79 Å².